The SMILES string of the molecule is CCCC1CN(CCSCC)C(CC)(CC)CN1. The molecule has 0 aromatic rings. The van der Waals surface area contributed by atoms with Gasteiger partial charge >= 0.3 is 0 Å². The van der Waals surface area contributed by atoms with Crippen molar-refractivity contribution in [2.24, 2.45) is 0 Å². The van der Waals surface area contributed by atoms with Crippen LogP contribution < -0.4 is 5.32 Å². The third kappa shape index (κ3) is 4.14. The van der Waals surface area contributed by atoms with Gasteiger partial charge < -0.3 is 5.32 Å². The second-order valence-corrected chi connectivity index (χ2v) is 6.83. The van der Waals surface area contributed by atoms with Crippen LogP contribution in [0.2, 0.25) is 0 Å². The van der Waals surface area contributed by atoms with E-state index in [0.29, 0.717) is 11.6 Å². The number of piperazine rings is 1. The Bertz CT molecular complexity index is 217. The smallest absolute Gasteiger partial charge is 0.0329 e. The van der Waals surface area contributed by atoms with Crippen LogP contribution in [0.25, 0.3) is 0 Å². The average Bonchev–Trinajstić information content (AvgIpc) is 2.40. The van der Waals surface area contributed by atoms with Crippen molar-refractivity contribution in [3.05, 3.63) is 0 Å². The summed E-state index contributed by atoms with van der Waals surface area (Å²) in [6.45, 7) is 13.0. The molecule has 1 atom stereocenters. The molecule has 1 aliphatic heterocycles. The first-order valence-electron chi connectivity index (χ1n) is 7.78. The van der Waals surface area contributed by atoms with Crippen molar-refractivity contribution in [1.29, 1.82) is 0 Å². The summed E-state index contributed by atoms with van der Waals surface area (Å²) in [4.78, 5) is 2.78. The van der Waals surface area contributed by atoms with E-state index in [1.807, 2.05) is 0 Å². The summed E-state index contributed by atoms with van der Waals surface area (Å²) < 4.78 is 0. The first-order chi connectivity index (χ1) is 8.72. The number of hydrogen-bond donors (Lipinski definition) is 1. The second-order valence-electron chi connectivity index (χ2n) is 5.44. The lowest BCUT2D eigenvalue weighted by molar-refractivity contribution is 0.0356. The van der Waals surface area contributed by atoms with Crippen LogP contribution in [0.1, 0.15) is 53.4 Å². The molecule has 1 N–H and O–H groups in total. The fourth-order valence-corrected chi connectivity index (χ4v) is 3.75. The average molecular weight is 273 g/mol. The quantitative estimate of drug-likeness (QED) is 0.682. The van der Waals surface area contributed by atoms with Gasteiger partial charge in [-0.1, -0.05) is 34.1 Å². The largest absolute Gasteiger partial charge is 0.311 e. The Morgan fingerprint density at radius 3 is 2.50 bits per heavy atom. The fourth-order valence-electron chi connectivity index (χ4n) is 3.11. The van der Waals surface area contributed by atoms with E-state index in [1.165, 1.54) is 56.8 Å². The van der Waals surface area contributed by atoms with Crippen molar-refractivity contribution in [2.75, 3.05) is 31.1 Å². The van der Waals surface area contributed by atoms with Gasteiger partial charge in [0.1, 0.15) is 0 Å². The van der Waals surface area contributed by atoms with Gasteiger partial charge in [-0.3, -0.25) is 4.90 Å². The third-order valence-corrected chi connectivity index (χ3v) is 5.37. The van der Waals surface area contributed by atoms with Gasteiger partial charge in [0.15, 0.2) is 0 Å². The molecule has 0 spiro atoms. The molecule has 108 valence electrons. The van der Waals surface area contributed by atoms with E-state index in [2.05, 4.69) is 49.7 Å². The van der Waals surface area contributed by atoms with Gasteiger partial charge in [-0.2, -0.15) is 11.8 Å². The highest BCUT2D eigenvalue weighted by Crippen LogP contribution is 2.28. The minimum absolute atomic E-state index is 0.415. The Morgan fingerprint density at radius 2 is 1.94 bits per heavy atom. The van der Waals surface area contributed by atoms with Crippen LogP contribution in [0.15, 0.2) is 0 Å². The molecule has 1 fully saturated rings. The monoisotopic (exact) mass is 272 g/mol. The number of thioether (sulfide) groups is 1. The maximum Gasteiger partial charge on any atom is 0.0329 e. The van der Waals surface area contributed by atoms with E-state index in [0.717, 1.165) is 0 Å². The number of nitrogens with one attached hydrogen (secondary N) is 1. The van der Waals surface area contributed by atoms with Crippen LogP contribution in [-0.2, 0) is 0 Å². The van der Waals surface area contributed by atoms with Crippen molar-refractivity contribution in [3.63, 3.8) is 0 Å². The predicted octanol–water partition coefficient (Wildman–Crippen LogP) is 3.37. The van der Waals surface area contributed by atoms with Crippen LogP contribution >= 0.6 is 11.8 Å². The molecule has 2 nitrogen and oxygen atoms in total. The van der Waals surface area contributed by atoms with Gasteiger partial charge in [-0.15, -0.1) is 0 Å². The van der Waals surface area contributed by atoms with Crippen LogP contribution in [0.4, 0.5) is 0 Å². The van der Waals surface area contributed by atoms with Crippen LogP contribution in [-0.4, -0.2) is 47.6 Å². The Kier molecular flexibility index (Phi) is 7.66. The van der Waals surface area contributed by atoms with E-state index in [1.54, 1.807) is 0 Å². The fraction of sp³-hybridized carbons (Fsp3) is 1.00. The first-order valence-corrected chi connectivity index (χ1v) is 8.94. The molecular formula is C15H32N2S. The van der Waals surface area contributed by atoms with Crippen molar-refractivity contribution < 1.29 is 0 Å². The number of hydrogen-bond acceptors (Lipinski definition) is 3. The summed E-state index contributed by atoms with van der Waals surface area (Å²) in [5.74, 6) is 2.53. The molecule has 0 amide bonds. The Labute approximate surface area is 118 Å². The molecular weight excluding hydrogens is 240 g/mol. The zero-order chi connectivity index (χ0) is 13.4. The summed E-state index contributed by atoms with van der Waals surface area (Å²) in [5, 5.41) is 3.78. The topological polar surface area (TPSA) is 15.3 Å². The normalized spacial score (nSPS) is 24.3. The van der Waals surface area contributed by atoms with Crippen LogP contribution in [0.5, 0.6) is 0 Å². The lowest BCUT2D eigenvalue weighted by atomic mass is 9.86. The lowest BCUT2D eigenvalue weighted by Crippen LogP contribution is -2.64. The van der Waals surface area contributed by atoms with Crippen LogP contribution in [0, 0.1) is 0 Å². The van der Waals surface area contributed by atoms with Crippen molar-refractivity contribution in [1.82, 2.24) is 10.2 Å². The summed E-state index contributed by atoms with van der Waals surface area (Å²) >= 11 is 2.08. The van der Waals surface area contributed by atoms with E-state index in [9.17, 15) is 0 Å². The first kappa shape index (κ1) is 16.3. The third-order valence-electron chi connectivity index (χ3n) is 4.49. The maximum atomic E-state index is 3.78. The van der Waals surface area contributed by atoms with Crippen molar-refractivity contribution in [2.45, 2.75) is 65.0 Å². The van der Waals surface area contributed by atoms with E-state index < -0.39 is 0 Å². The van der Waals surface area contributed by atoms with E-state index in [4.69, 9.17) is 0 Å². The van der Waals surface area contributed by atoms with Gasteiger partial charge in [0.05, 0.1) is 0 Å². The second kappa shape index (κ2) is 8.44. The molecule has 1 saturated heterocycles. The van der Waals surface area contributed by atoms with Crippen molar-refractivity contribution >= 4 is 11.8 Å². The zero-order valence-electron chi connectivity index (χ0n) is 12.8. The molecule has 1 aliphatic rings. The maximum absolute atomic E-state index is 3.78. The lowest BCUT2D eigenvalue weighted by Gasteiger charge is -2.50. The molecule has 0 saturated carbocycles. The molecule has 1 heterocycles. The Morgan fingerprint density at radius 1 is 1.22 bits per heavy atom. The van der Waals surface area contributed by atoms with E-state index >= 15 is 0 Å². The summed E-state index contributed by atoms with van der Waals surface area (Å²) in [6.07, 6.45) is 5.15. The highest BCUT2D eigenvalue weighted by molar-refractivity contribution is 7.99. The van der Waals surface area contributed by atoms with Gasteiger partial charge in [-0.05, 0) is 25.0 Å². The minimum atomic E-state index is 0.415. The van der Waals surface area contributed by atoms with Crippen LogP contribution in [0.3, 0.4) is 0 Å². The summed E-state index contributed by atoms with van der Waals surface area (Å²) in [7, 11) is 0. The molecule has 0 aromatic heterocycles. The van der Waals surface area contributed by atoms with Gasteiger partial charge in [0, 0.05) is 37.0 Å². The number of nitrogens with zero attached hydrogens (tertiary/aromatic N) is 1. The summed E-state index contributed by atoms with van der Waals surface area (Å²) in [6, 6.07) is 0.716. The minimum Gasteiger partial charge on any atom is -0.311 e. The van der Waals surface area contributed by atoms with Gasteiger partial charge in [0.2, 0.25) is 0 Å². The summed E-state index contributed by atoms with van der Waals surface area (Å²) in [5.41, 5.74) is 0.415. The molecule has 0 bridgehead atoms. The Hall–Kier alpha value is 0.270. The van der Waals surface area contributed by atoms with E-state index in [-0.39, 0.29) is 0 Å². The van der Waals surface area contributed by atoms with Crippen molar-refractivity contribution in [3.8, 4) is 0 Å². The Balaban J connectivity index is 2.60. The molecule has 0 aliphatic carbocycles. The molecule has 0 aromatic carbocycles. The molecule has 18 heavy (non-hydrogen) atoms. The highest BCUT2D eigenvalue weighted by atomic mass is 32.2. The highest BCUT2D eigenvalue weighted by Gasteiger charge is 2.37. The van der Waals surface area contributed by atoms with Gasteiger partial charge in [0.25, 0.3) is 0 Å². The van der Waals surface area contributed by atoms with Gasteiger partial charge in [-0.25, -0.2) is 0 Å². The molecule has 0 radical (unpaired) electrons. The zero-order valence-corrected chi connectivity index (χ0v) is 13.6. The molecule has 1 rings (SSSR count). The standard InChI is InChI=1S/C15H32N2S/c1-5-9-14-12-17(10-11-18-8-4)15(6-2,7-3)13-16-14/h14,16H,5-13H2,1-4H3. The number of rotatable bonds is 8. The predicted molar refractivity (Wildman–Crippen MR) is 84.6 cm³/mol. The molecule has 3 heteroatoms. The molecule has 1 unspecified atom stereocenters.